The number of hydrogen-bond acceptors (Lipinski definition) is 2. The summed E-state index contributed by atoms with van der Waals surface area (Å²) in [6.07, 6.45) is 1.90. The highest BCUT2D eigenvalue weighted by molar-refractivity contribution is 5.87. The minimum Gasteiger partial charge on any atom is -0.480 e. The molecule has 2 aliphatic carbocycles. The lowest BCUT2D eigenvalue weighted by Gasteiger charge is -2.38. The van der Waals surface area contributed by atoms with Gasteiger partial charge in [-0.1, -0.05) is 27.7 Å². The van der Waals surface area contributed by atoms with Crippen LogP contribution in [0, 0.1) is 16.7 Å². The molecule has 0 saturated heterocycles. The lowest BCUT2D eigenvalue weighted by atomic mass is 9.77. The lowest BCUT2D eigenvalue weighted by molar-refractivity contribution is -0.148. The zero-order chi connectivity index (χ0) is 14.5. The van der Waals surface area contributed by atoms with E-state index in [1.165, 1.54) is 0 Å². The van der Waals surface area contributed by atoms with Crippen molar-refractivity contribution in [1.29, 1.82) is 0 Å². The Kier molecular flexibility index (Phi) is 3.07. The molecule has 2 fully saturated rings. The smallest absolute Gasteiger partial charge is 0.329 e. The first kappa shape index (κ1) is 14.2. The second-order valence-corrected chi connectivity index (χ2v) is 7.07. The number of carbonyl (C=O) groups excluding carboxylic acids is 1. The van der Waals surface area contributed by atoms with E-state index in [2.05, 4.69) is 38.3 Å². The molecule has 0 aromatic heterocycles. The Bertz CT molecular complexity index is 397. The SMILES string of the molecule is CC1(C)C(CNC(=O)NC2(C(=O)O)CCC2)C1(C)C. The van der Waals surface area contributed by atoms with E-state index < -0.39 is 11.5 Å². The van der Waals surface area contributed by atoms with Gasteiger partial charge in [0.15, 0.2) is 0 Å². The van der Waals surface area contributed by atoms with E-state index in [1.54, 1.807) is 0 Å². The number of carboxylic acids is 1. The maximum absolute atomic E-state index is 11.8. The summed E-state index contributed by atoms with van der Waals surface area (Å²) in [5, 5.41) is 14.6. The van der Waals surface area contributed by atoms with Gasteiger partial charge in [0, 0.05) is 6.54 Å². The normalized spacial score (nSPS) is 26.1. The number of urea groups is 1. The van der Waals surface area contributed by atoms with E-state index in [0.29, 0.717) is 25.3 Å². The van der Waals surface area contributed by atoms with Crippen LogP contribution in [0.15, 0.2) is 0 Å². The molecule has 0 radical (unpaired) electrons. The number of carboxylic acid groups (broad SMARTS) is 1. The topological polar surface area (TPSA) is 78.4 Å². The van der Waals surface area contributed by atoms with Crippen molar-refractivity contribution in [3.8, 4) is 0 Å². The van der Waals surface area contributed by atoms with Gasteiger partial charge in [-0.15, -0.1) is 0 Å². The van der Waals surface area contributed by atoms with E-state index in [-0.39, 0.29) is 16.9 Å². The molecule has 2 saturated carbocycles. The Morgan fingerprint density at radius 3 is 2.00 bits per heavy atom. The second kappa shape index (κ2) is 4.12. The van der Waals surface area contributed by atoms with Crippen LogP contribution < -0.4 is 10.6 Å². The Balaban J connectivity index is 1.82. The van der Waals surface area contributed by atoms with E-state index in [4.69, 9.17) is 5.11 Å². The molecule has 0 aromatic rings. The fourth-order valence-corrected chi connectivity index (χ4v) is 3.22. The summed E-state index contributed by atoms with van der Waals surface area (Å²) in [4.78, 5) is 23.0. The van der Waals surface area contributed by atoms with Gasteiger partial charge in [-0.05, 0) is 36.0 Å². The summed E-state index contributed by atoms with van der Waals surface area (Å²) in [6, 6.07) is -0.361. The summed E-state index contributed by atoms with van der Waals surface area (Å²) in [7, 11) is 0. The van der Waals surface area contributed by atoms with Gasteiger partial charge in [0.2, 0.25) is 0 Å². The van der Waals surface area contributed by atoms with E-state index in [9.17, 15) is 9.59 Å². The molecule has 2 aliphatic rings. The third kappa shape index (κ3) is 2.09. The Labute approximate surface area is 114 Å². The molecular weight excluding hydrogens is 244 g/mol. The number of rotatable bonds is 4. The largest absolute Gasteiger partial charge is 0.480 e. The first-order valence-electron chi connectivity index (χ1n) is 6.93. The van der Waals surface area contributed by atoms with Gasteiger partial charge >= 0.3 is 12.0 Å². The molecule has 19 heavy (non-hydrogen) atoms. The van der Waals surface area contributed by atoms with Crippen molar-refractivity contribution in [2.24, 2.45) is 16.7 Å². The maximum atomic E-state index is 11.8. The van der Waals surface area contributed by atoms with Crippen LogP contribution in [0.3, 0.4) is 0 Å². The monoisotopic (exact) mass is 268 g/mol. The lowest BCUT2D eigenvalue weighted by Crippen LogP contribution is -2.61. The highest BCUT2D eigenvalue weighted by Gasteiger charge is 2.64. The second-order valence-electron chi connectivity index (χ2n) is 7.07. The molecule has 2 rings (SSSR count). The van der Waals surface area contributed by atoms with Crippen LogP contribution in [-0.4, -0.2) is 29.2 Å². The predicted molar refractivity (Wildman–Crippen MR) is 71.8 cm³/mol. The van der Waals surface area contributed by atoms with Crippen LogP contribution in [0.2, 0.25) is 0 Å². The van der Waals surface area contributed by atoms with Crippen molar-refractivity contribution in [3.63, 3.8) is 0 Å². The van der Waals surface area contributed by atoms with Crippen LogP contribution in [0.1, 0.15) is 47.0 Å². The third-order valence-corrected chi connectivity index (χ3v) is 5.76. The van der Waals surface area contributed by atoms with Crippen molar-refractivity contribution >= 4 is 12.0 Å². The van der Waals surface area contributed by atoms with Gasteiger partial charge in [0.05, 0.1) is 0 Å². The molecule has 2 amide bonds. The first-order chi connectivity index (χ1) is 8.63. The minimum absolute atomic E-state index is 0.223. The summed E-state index contributed by atoms with van der Waals surface area (Å²) in [5.74, 6) is -0.492. The predicted octanol–water partition coefficient (Wildman–Crippen LogP) is 1.98. The van der Waals surface area contributed by atoms with Gasteiger partial charge in [-0.2, -0.15) is 0 Å². The van der Waals surface area contributed by atoms with Crippen molar-refractivity contribution in [3.05, 3.63) is 0 Å². The Hall–Kier alpha value is -1.26. The molecule has 0 unspecified atom stereocenters. The zero-order valence-corrected chi connectivity index (χ0v) is 12.2. The summed E-state index contributed by atoms with van der Waals surface area (Å²) in [5.41, 5.74) is -0.582. The van der Waals surface area contributed by atoms with Gasteiger partial charge < -0.3 is 15.7 Å². The molecule has 0 spiro atoms. The van der Waals surface area contributed by atoms with Gasteiger partial charge in [0.25, 0.3) is 0 Å². The molecule has 3 N–H and O–H groups in total. The van der Waals surface area contributed by atoms with Crippen LogP contribution in [0.4, 0.5) is 4.79 Å². The van der Waals surface area contributed by atoms with Gasteiger partial charge in [-0.25, -0.2) is 9.59 Å². The number of aliphatic carboxylic acids is 1. The standard InChI is InChI=1S/C14H24N2O3/c1-12(2)9(13(12,3)4)8-15-11(19)16-14(10(17)18)6-5-7-14/h9H,5-8H2,1-4H3,(H,17,18)(H2,15,16,19). The van der Waals surface area contributed by atoms with Crippen LogP contribution >= 0.6 is 0 Å². The Morgan fingerprint density at radius 1 is 1.16 bits per heavy atom. The molecular formula is C14H24N2O3. The fourth-order valence-electron chi connectivity index (χ4n) is 3.22. The molecule has 5 nitrogen and oxygen atoms in total. The van der Waals surface area contributed by atoms with E-state index >= 15 is 0 Å². The van der Waals surface area contributed by atoms with E-state index in [1.807, 2.05) is 0 Å². The number of hydrogen-bond donors (Lipinski definition) is 3. The minimum atomic E-state index is -1.03. The highest BCUT2D eigenvalue weighted by Crippen LogP contribution is 2.67. The quantitative estimate of drug-likeness (QED) is 0.729. The number of nitrogens with one attached hydrogen (secondary N) is 2. The van der Waals surface area contributed by atoms with Crippen molar-refractivity contribution in [2.45, 2.75) is 52.5 Å². The summed E-state index contributed by atoms with van der Waals surface area (Å²) >= 11 is 0. The molecule has 5 heteroatoms. The number of amides is 2. The molecule has 0 aromatic carbocycles. The molecule has 108 valence electrons. The first-order valence-corrected chi connectivity index (χ1v) is 6.93. The van der Waals surface area contributed by atoms with E-state index in [0.717, 1.165) is 6.42 Å². The molecule has 0 heterocycles. The number of carbonyl (C=O) groups is 2. The molecule has 0 aliphatic heterocycles. The van der Waals surface area contributed by atoms with Gasteiger partial charge in [-0.3, -0.25) is 0 Å². The van der Waals surface area contributed by atoms with Crippen LogP contribution in [-0.2, 0) is 4.79 Å². The summed E-state index contributed by atoms with van der Waals surface area (Å²) < 4.78 is 0. The molecule has 0 bridgehead atoms. The fraction of sp³-hybridized carbons (Fsp3) is 0.857. The van der Waals surface area contributed by atoms with Gasteiger partial charge in [0.1, 0.15) is 5.54 Å². The average Bonchev–Trinajstić information content (AvgIpc) is 2.60. The van der Waals surface area contributed by atoms with Crippen molar-refractivity contribution in [2.75, 3.05) is 6.54 Å². The highest BCUT2D eigenvalue weighted by atomic mass is 16.4. The molecule has 0 atom stereocenters. The van der Waals surface area contributed by atoms with Crippen molar-refractivity contribution in [1.82, 2.24) is 10.6 Å². The zero-order valence-electron chi connectivity index (χ0n) is 12.2. The third-order valence-electron chi connectivity index (χ3n) is 5.76. The van der Waals surface area contributed by atoms with Crippen LogP contribution in [0.25, 0.3) is 0 Å². The summed E-state index contributed by atoms with van der Waals surface area (Å²) in [6.45, 7) is 9.38. The maximum Gasteiger partial charge on any atom is 0.329 e. The van der Waals surface area contributed by atoms with Crippen LogP contribution in [0.5, 0.6) is 0 Å². The van der Waals surface area contributed by atoms with Crippen molar-refractivity contribution < 1.29 is 14.7 Å². The average molecular weight is 268 g/mol. The Morgan fingerprint density at radius 2 is 1.68 bits per heavy atom.